The SMILES string of the molecule is O=C(O)C(F)(F)F.O=C(O)CC(Cc1nc(CCCc2ccc3c(n2)NCCC3)no1)c1ccc(OCc2ccccc2)cc1. The average Bonchev–Trinajstić information content (AvgIpc) is 3.47. The number of alkyl halides is 3. The number of hydrogen-bond donors (Lipinski definition) is 3. The topological polar surface area (TPSA) is 148 Å². The van der Waals surface area contributed by atoms with E-state index < -0.39 is 18.1 Å². The fraction of sp³-hybridized carbons (Fsp3) is 0.344. The molecule has 0 saturated carbocycles. The molecule has 1 atom stereocenters. The maximum Gasteiger partial charge on any atom is 0.490 e. The molecule has 2 aromatic carbocycles. The molecule has 0 saturated heterocycles. The molecule has 45 heavy (non-hydrogen) atoms. The summed E-state index contributed by atoms with van der Waals surface area (Å²) in [7, 11) is 0. The fourth-order valence-electron chi connectivity index (χ4n) is 4.72. The third kappa shape index (κ3) is 10.6. The first-order valence-electron chi connectivity index (χ1n) is 14.4. The van der Waals surface area contributed by atoms with Gasteiger partial charge in [0.15, 0.2) is 5.82 Å². The number of carbonyl (C=O) groups is 2. The summed E-state index contributed by atoms with van der Waals surface area (Å²) < 4.78 is 43.1. The number of rotatable bonds is 12. The Hall–Kier alpha value is -4.94. The number of carboxylic acids is 2. The van der Waals surface area contributed by atoms with Crippen LogP contribution < -0.4 is 10.1 Å². The largest absolute Gasteiger partial charge is 0.490 e. The molecule has 3 N–H and O–H groups in total. The van der Waals surface area contributed by atoms with E-state index in [1.165, 1.54) is 5.56 Å². The molecule has 10 nitrogen and oxygen atoms in total. The summed E-state index contributed by atoms with van der Waals surface area (Å²) in [5, 5.41) is 24.1. The average molecular weight is 627 g/mol. The van der Waals surface area contributed by atoms with Gasteiger partial charge in [-0.05, 0) is 60.6 Å². The zero-order valence-electron chi connectivity index (χ0n) is 24.3. The third-order valence-corrected chi connectivity index (χ3v) is 6.98. The van der Waals surface area contributed by atoms with E-state index >= 15 is 0 Å². The minimum Gasteiger partial charge on any atom is -0.489 e. The van der Waals surface area contributed by atoms with Crippen molar-refractivity contribution in [1.29, 1.82) is 0 Å². The van der Waals surface area contributed by atoms with Gasteiger partial charge in [-0.25, -0.2) is 9.78 Å². The molecule has 0 fully saturated rings. The van der Waals surface area contributed by atoms with Crippen LogP contribution in [0.5, 0.6) is 5.75 Å². The molecule has 3 heterocycles. The maximum absolute atomic E-state index is 11.6. The highest BCUT2D eigenvalue weighted by Gasteiger charge is 2.38. The predicted molar refractivity (Wildman–Crippen MR) is 157 cm³/mol. The molecule has 1 aliphatic rings. The van der Waals surface area contributed by atoms with E-state index in [4.69, 9.17) is 24.1 Å². The number of benzene rings is 2. The highest BCUT2D eigenvalue weighted by Crippen LogP contribution is 2.27. The zero-order valence-corrected chi connectivity index (χ0v) is 24.3. The molecule has 0 radical (unpaired) electrons. The van der Waals surface area contributed by atoms with E-state index in [-0.39, 0.29) is 12.3 Å². The minimum atomic E-state index is -5.08. The smallest absolute Gasteiger partial charge is 0.489 e. The third-order valence-electron chi connectivity index (χ3n) is 6.98. The number of aliphatic carboxylic acids is 2. The molecule has 4 aromatic rings. The first kappa shape index (κ1) is 33.0. The van der Waals surface area contributed by atoms with Crippen molar-refractivity contribution >= 4 is 17.8 Å². The molecule has 238 valence electrons. The van der Waals surface area contributed by atoms with Gasteiger partial charge in [-0.1, -0.05) is 53.7 Å². The molecule has 5 rings (SSSR count). The molecular weight excluding hydrogens is 593 g/mol. The number of aryl methyl sites for hydroxylation is 3. The second-order valence-corrected chi connectivity index (χ2v) is 10.4. The highest BCUT2D eigenvalue weighted by molar-refractivity contribution is 5.73. The van der Waals surface area contributed by atoms with Gasteiger partial charge in [0.2, 0.25) is 5.89 Å². The number of halogens is 3. The Morgan fingerprint density at radius 3 is 2.40 bits per heavy atom. The van der Waals surface area contributed by atoms with Gasteiger partial charge in [-0.15, -0.1) is 0 Å². The lowest BCUT2D eigenvalue weighted by atomic mass is 9.92. The summed E-state index contributed by atoms with van der Waals surface area (Å²) >= 11 is 0. The summed E-state index contributed by atoms with van der Waals surface area (Å²) in [6.45, 7) is 1.45. The van der Waals surface area contributed by atoms with Gasteiger partial charge >= 0.3 is 18.1 Å². The van der Waals surface area contributed by atoms with E-state index in [1.807, 2.05) is 54.6 Å². The van der Waals surface area contributed by atoms with Gasteiger partial charge in [-0.2, -0.15) is 18.2 Å². The summed E-state index contributed by atoms with van der Waals surface area (Å²) in [6.07, 6.45) is -0.159. The number of anilines is 1. The number of nitrogens with one attached hydrogen (secondary N) is 1. The van der Waals surface area contributed by atoms with Crippen molar-refractivity contribution in [2.75, 3.05) is 11.9 Å². The van der Waals surface area contributed by atoms with E-state index in [2.05, 4.69) is 27.6 Å². The standard InChI is InChI=1S/C30H32N4O4.C2HF3O2/c35-29(36)19-24(22-12-15-26(16-13-22)37-20-21-6-2-1-3-7-21)18-28-33-27(34-38-28)10-4-9-25-14-11-23-8-5-17-31-30(23)32-25;3-2(4,5)1(6)7/h1-3,6-7,11-16,24H,4-5,8-10,17-20H2,(H,31,32)(H,35,36);(H,6,7). The number of fused-ring (bicyclic) bond motifs is 1. The number of aromatic nitrogens is 3. The van der Waals surface area contributed by atoms with E-state index in [0.717, 1.165) is 60.6 Å². The number of pyridine rings is 1. The van der Waals surface area contributed by atoms with Crippen molar-refractivity contribution in [3.8, 4) is 5.75 Å². The Labute approximate surface area is 257 Å². The van der Waals surface area contributed by atoms with Gasteiger partial charge in [-0.3, -0.25) is 4.79 Å². The molecule has 0 bridgehead atoms. The van der Waals surface area contributed by atoms with Crippen LogP contribution in [0.4, 0.5) is 19.0 Å². The lowest BCUT2D eigenvalue weighted by molar-refractivity contribution is -0.192. The van der Waals surface area contributed by atoms with Crippen molar-refractivity contribution in [1.82, 2.24) is 15.1 Å². The Bertz CT molecular complexity index is 1540. The van der Waals surface area contributed by atoms with E-state index in [0.29, 0.717) is 31.2 Å². The van der Waals surface area contributed by atoms with Gasteiger partial charge in [0.05, 0.1) is 6.42 Å². The highest BCUT2D eigenvalue weighted by atomic mass is 19.4. The van der Waals surface area contributed by atoms with Crippen LogP contribution in [0.2, 0.25) is 0 Å². The number of ether oxygens (including phenoxy) is 1. The number of nitrogens with zero attached hydrogens (tertiary/aromatic N) is 3. The molecule has 2 aromatic heterocycles. The van der Waals surface area contributed by atoms with E-state index in [9.17, 15) is 23.1 Å². The maximum atomic E-state index is 11.6. The van der Waals surface area contributed by atoms with Crippen LogP contribution in [-0.4, -0.2) is 50.0 Å². The van der Waals surface area contributed by atoms with Gasteiger partial charge in [0.25, 0.3) is 0 Å². The second-order valence-electron chi connectivity index (χ2n) is 10.4. The molecule has 1 aliphatic heterocycles. The summed E-state index contributed by atoms with van der Waals surface area (Å²) in [6, 6.07) is 21.8. The zero-order chi connectivity index (χ0) is 32.2. The molecule has 0 spiro atoms. The van der Waals surface area contributed by atoms with Gasteiger partial charge in [0, 0.05) is 31.0 Å². The Kier molecular flexibility index (Phi) is 11.5. The van der Waals surface area contributed by atoms with Crippen molar-refractivity contribution in [2.24, 2.45) is 0 Å². The first-order valence-corrected chi connectivity index (χ1v) is 14.4. The molecule has 0 amide bonds. The quantitative estimate of drug-likeness (QED) is 0.171. The molecular formula is C32H33F3N4O6. The van der Waals surface area contributed by atoms with Crippen LogP contribution in [0.25, 0.3) is 0 Å². The van der Waals surface area contributed by atoms with Gasteiger partial charge in [0.1, 0.15) is 18.2 Å². The van der Waals surface area contributed by atoms with Crippen LogP contribution in [-0.2, 0) is 41.9 Å². The van der Waals surface area contributed by atoms with Crippen molar-refractivity contribution in [3.05, 3.63) is 101 Å². The molecule has 1 unspecified atom stereocenters. The Morgan fingerprint density at radius 2 is 1.71 bits per heavy atom. The number of carboxylic acid groups (broad SMARTS) is 2. The lowest BCUT2D eigenvalue weighted by Gasteiger charge is -2.17. The summed E-state index contributed by atoms with van der Waals surface area (Å²) in [4.78, 5) is 29.7. The monoisotopic (exact) mass is 626 g/mol. The van der Waals surface area contributed by atoms with Crippen LogP contribution in [0.15, 0.2) is 71.3 Å². The van der Waals surface area contributed by atoms with E-state index in [1.54, 1.807) is 0 Å². The van der Waals surface area contributed by atoms with Crippen molar-refractivity contribution < 1.29 is 42.2 Å². The van der Waals surface area contributed by atoms with Crippen LogP contribution in [0, 0.1) is 0 Å². The normalized spacial score (nSPS) is 13.0. The lowest BCUT2D eigenvalue weighted by Crippen LogP contribution is -2.21. The Balaban J connectivity index is 0.000000591. The fourth-order valence-corrected chi connectivity index (χ4v) is 4.72. The van der Waals surface area contributed by atoms with Crippen molar-refractivity contribution in [3.63, 3.8) is 0 Å². The van der Waals surface area contributed by atoms with Crippen LogP contribution in [0.1, 0.15) is 59.3 Å². The first-order chi connectivity index (χ1) is 21.6. The minimum absolute atomic E-state index is 0.0278. The van der Waals surface area contributed by atoms with Crippen LogP contribution >= 0.6 is 0 Å². The van der Waals surface area contributed by atoms with Gasteiger partial charge < -0.3 is 24.8 Å². The molecule has 0 aliphatic carbocycles. The Morgan fingerprint density at radius 1 is 0.978 bits per heavy atom. The number of hydrogen-bond acceptors (Lipinski definition) is 8. The second kappa shape index (κ2) is 15.7. The molecule has 13 heteroatoms. The predicted octanol–water partition coefficient (Wildman–Crippen LogP) is 6.01. The summed E-state index contributed by atoms with van der Waals surface area (Å²) in [5.74, 6) is -1.08. The van der Waals surface area contributed by atoms with Crippen molar-refractivity contribution in [2.45, 2.75) is 63.6 Å². The summed E-state index contributed by atoms with van der Waals surface area (Å²) in [5.41, 5.74) is 4.32. The van der Waals surface area contributed by atoms with Crippen LogP contribution in [0.3, 0.4) is 0 Å².